The molecule has 0 unspecified atom stereocenters. The molecule has 0 aliphatic carbocycles. The number of nitrogens with one attached hydrogen (secondary N) is 1. The molecule has 22 heavy (non-hydrogen) atoms. The topological polar surface area (TPSA) is 60.3 Å². The molecule has 0 radical (unpaired) electrons. The normalized spacial score (nSPS) is 11.8. The lowest BCUT2D eigenvalue weighted by atomic mass is 10.3. The predicted molar refractivity (Wildman–Crippen MR) is 83.0 cm³/mol. The van der Waals surface area contributed by atoms with Gasteiger partial charge in [-0.1, -0.05) is 15.9 Å². The van der Waals surface area contributed by atoms with Crippen LogP contribution in [0.3, 0.4) is 0 Å². The lowest BCUT2D eigenvalue weighted by Gasteiger charge is -2.14. The molecule has 1 N–H and O–H groups in total. The highest BCUT2D eigenvalue weighted by molar-refractivity contribution is 9.10. The number of aryl methyl sites for hydroxylation is 1. The average Bonchev–Trinajstić information content (AvgIpc) is 2.88. The lowest BCUT2D eigenvalue weighted by Crippen LogP contribution is -2.30. The summed E-state index contributed by atoms with van der Waals surface area (Å²) in [7, 11) is 1.69. The van der Waals surface area contributed by atoms with Crippen LogP contribution in [0.25, 0.3) is 0 Å². The number of hydrogen-bond acceptors (Lipinski definition) is 3. The summed E-state index contributed by atoms with van der Waals surface area (Å²) in [6.45, 7) is 1.42. The van der Waals surface area contributed by atoms with Crippen molar-refractivity contribution >= 4 is 33.5 Å². The van der Waals surface area contributed by atoms with E-state index in [1.165, 1.54) is 19.1 Å². The number of ether oxygens (including phenoxy) is 1. The first-order chi connectivity index (χ1) is 10.4. The van der Waals surface area contributed by atoms with Crippen LogP contribution in [0.4, 0.5) is 10.1 Å². The minimum Gasteiger partial charge on any atom is -0.448 e. The second kappa shape index (κ2) is 6.74. The number of rotatable bonds is 4. The van der Waals surface area contributed by atoms with Gasteiger partial charge >= 0.3 is 5.97 Å². The zero-order chi connectivity index (χ0) is 16.3. The number of amides is 1. The number of aromatic nitrogens is 1. The van der Waals surface area contributed by atoms with Gasteiger partial charge in [-0.3, -0.25) is 4.79 Å². The van der Waals surface area contributed by atoms with Crippen molar-refractivity contribution in [1.29, 1.82) is 0 Å². The maximum atomic E-state index is 13.7. The molecule has 2 aromatic rings. The third-order valence-electron chi connectivity index (χ3n) is 2.99. The molecule has 0 saturated heterocycles. The van der Waals surface area contributed by atoms with Crippen LogP contribution in [0.2, 0.25) is 0 Å². The summed E-state index contributed by atoms with van der Waals surface area (Å²) in [5.41, 5.74) is 0.351. The van der Waals surface area contributed by atoms with E-state index in [0.717, 1.165) is 0 Å². The Kier molecular flexibility index (Phi) is 4.97. The van der Waals surface area contributed by atoms with Gasteiger partial charge in [0.2, 0.25) is 0 Å². The number of anilines is 1. The molecule has 1 aromatic heterocycles. The van der Waals surface area contributed by atoms with Gasteiger partial charge in [-0.25, -0.2) is 9.18 Å². The maximum Gasteiger partial charge on any atom is 0.355 e. The molecule has 0 spiro atoms. The predicted octanol–water partition coefficient (Wildman–Crippen LogP) is 3.11. The number of carbonyl (C=O) groups excluding carboxylic acids is 2. The van der Waals surface area contributed by atoms with Crippen LogP contribution in [0.1, 0.15) is 17.4 Å². The summed E-state index contributed by atoms with van der Waals surface area (Å²) in [5.74, 6) is -1.81. The first-order valence-electron chi connectivity index (χ1n) is 6.46. The first-order valence-corrected chi connectivity index (χ1v) is 7.26. The number of nitrogens with zero attached hydrogens (tertiary/aromatic N) is 1. The van der Waals surface area contributed by atoms with Crippen LogP contribution >= 0.6 is 15.9 Å². The highest BCUT2D eigenvalue weighted by atomic mass is 79.9. The van der Waals surface area contributed by atoms with Crippen LogP contribution < -0.4 is 5.32 Å². The van der Waals surface area contributed by atoms with Gasteiger partial charge < -0.3 is 14.6 Å². The smallest absolute Gasteiger partial charge is 0.355 e. The number of esters is 1. The summed E-state index contributed by atoms with van der Waals surface area (Å²) in [4.78, 5) is 23.9. The van der Waals surface area contributed by atoms with Crippen molar-refractivity contribution in [3.8, 4) is 0 Å². The third-order valence-corrected chi connectivity index (χ3v) is 3.49. The van der Waals surface area contributed by atoms with Crippen molar-refractivity contribution in [3.63, 3.8) is 0 Å². The first kappa shape index (κ1) is 16.2. The molecule has 5 nitrogen and oxygen atoms in total. The molecule has 0 bridgehead atoms. The van der Waals surface area contributed by atoms with Gasteiger partial charge in [-0.15, -0.1) is 0 Å². The fourth-order valence-corrected chi connectivity index (χ4v) is 2.11. The highest BCUT2D eigenvalue weighted by Crippen LogP contribution is 2.19. The molecule has 1 atom stereocenters. The molecule has 2 rings (SSSR count). The van der Waals surface area contributed by atoms with Crippen molar-refractivity contribution in [3.05, 3.63) is 52.5 Å². The summed E-state index contributed by atoms with van der Waals surface area (Å²) >= 11 is 3.13. The number of hydrogen-bond donors (Lipinski definition) is 1. The molecule has 1 heterocycles. The Bertz CT molecular complexity index is 715. The van der Waals surface area contributed by atoms with E-state index < -0.39 is 23.8 Å². The van der Waals surface area contributed by atoms with Crippen molar-refractivity contribution in [1.82, 2.24) is 4.57 Å². The second-order valence-corrected chi connectivity index (χ2v) is 5.58. The number of carbonyl (C=O) groups is 2. The van der Waals surface area contributed by atoms with Gasteiger partial charge in [-0.05, 0) is 37.3 Å². The zero-order valence-corrected chi connectivity index (χ0v) is 13.6. The minimum absolute atomic E-state index is 0.0231. The third kappa shape index (κ3) is 3.73. The Hall–Kier alpha value is -2.15. The molecular weight excluding hydrogens is 355 g/mol. The maximum absolute atomic E-state index is 13.7. The quantitative estimate of drug-likeness (QED) is 0.843. The van der Waals surface area contributed by atoms with Crippen molar-refractivity contribution < 1.29 is 18.7 Å². The zero-order valence-electron chi connectivity index (χ0n) is 12.0. The SMILES string of the molecule is C[C@@H](OC(=O)c1cccn1C)C(=O)Nc1ccc(Br)cc1F. The van der Waals surface area contributed by atoms with Crippen LogP contribution in [0, 0.1) is 5.82 Å². The summed E-state index contributed by atoms with van der Waals surface area (Å²) in [6, 6.07) is 7.53. The van der Waals surface area contributed by atoms with E-state index in [9.17, 15) is 14.0 Å². The van der Waals surface area contributed by atoms with Crippen LogP contribution in [0.15, 0.2) is 41.0 Å². The van der Waals surface area contributed by atoms with Crippen molar-refractivity contribution in [2.75, 3.05) is 5.32 Å². The van der Waals surface area contributed by atoms with E-state index in [-0.39, 0.29) is 5.69 Å². The monoisotopic (exact) mass is 368 g/mol. The van der Waals surface area contributed by atoms with E-state index in [0.29, 0.717) is 10.2 Å². The Morgan fingerprint density at radius 1 is 1.36 bits per heavy atom. The Balaban J connectivity index is 2.00. The summed E-state index contributed by atoms with van der Waals surface area (Å²) in [6.07, 6.45) is 0.642. The van der Waals surface area contributed by atoms with Crippen LogP contribution in [0.5, 0.6) is 0 Å². The van der Waals surface area contributed by atoms with Crippen molar-refractivity contribution in [2.45, 2.75) is 13.0 Å². The van der Waals surface area contributed by atoms with Crippen LogP contribution in [-0.4, -0.2) is 22.5 Å². The Morgan fingerprint density at radius 2 is 2.09 bits per heavy atom. The van der Waals surface area contributed by atoms with Gasteiger partial charge in [0.1, 0.15) is 11.5 Å². The fourth-order valence-electron chi connectivity index (χ4n) is 1.77. The van der Waals surface area contributed by atoms with Gasteiger partial charge in [0, 0.05) is 17.7 Å². The van der Waals surface area contributed by atoms with E-state index in [4.69, 9.17) is 4.74 Å². The molecule has 0 saturated carbocycles. The van der Waals surface area contributed by atoms with E-state index in [2.05, 4.69) is 21.2 Å². The molecule has 7 heteroatoms. The molecule has 116 valence electrons. The second-order valence-electron chi connectivity index (χ2n) is 4.67. The molecule has 0 aliphatic heterocycles. The van der Waals surface area contributed by atoms with Gasteiger partial charge in [0.15, 0.2) is 6.10 Å². The molecular formula is C15H14BrFN2O3. The number of benzene rings is 1. The summed E-state index contributed by atoms with van der Waals surface area (Å²) < 4.78 is 20.9. The Morgan fingerprint density at radius 3 is 2.68 bits per heavy atom. The largest absolute Gasteiger partial charge is 0.448 e. The minimum atomic E-state index is -1.05. The van der Waals surface area contributed by atoms with Gasteiger partial charge in [0.05, 0.1) is 5.69 Å². The fraction of sp³-hybridized carbons (Fsp3) is 0.200. The lowest BCUT2D eigenvalue weighted by molar-refractivity contribution is -0.123. The average molecular weight is 369 g/mol. The van der Waals surface area contributed by atoms with E-state index in [1.54, 1.807) is 36.0 Å². The van der Waals surface area contributed by atoms with Crippen molar-refractivity contribution in [2.24, 2.45) is 7.05 Å². The van der Waals surface area contributed by atoms with E-state index >= 15 is 0 Å². The molecule has 1 amide bonds. The number of halogens is 2. The molecule has 1 aromatic carbocycles. The molecule has 0 fully saturated rings. The van der Waals surface area contributed by atoms with E-state index in [1.807, 2.05) is 0 Å². The van der Waals surface area contributed by atoms with Gasteiger partial charge in [0.25, 0.3) is 5.91 Å². The summed E-state index contributed by atoms with van der Waals surface area (Å²) in [5, 5.41) is 2.38. The van der Waals surface area contributed by atoms with Gasteiger partial charge in [-0.2, -0.15) is 0 Å². The standard InChI is InChI=1S/C15H14BrFN2O3/c1-9(22-15(21)13-4-3-7-19(13)2)14(20)18-12-6-5-10(16)8-11(12)17/h3-9H,1-2H3,(H,18,20)/t9-/m1/s1. The van der Waals surface area contributed by atoms with Crippen LogP contribution in [-0.2, 0) is 16.6 Å². The molecule has 0 aliphatic rings. The highest BCUT2D eigenvalue weighted by Gasteiger charge is 2.21. The Labute approximate surface area is 135 Å².